The summed E-state index contributed by atoms with van der Waals surface area (Å²) in [7, 11) is 0. The molecule has 1 N–H and O–H groups in total. The van der Waals surface area contributed by atoms with Gasteiger partial charge in [0.15, 0.2) is 0 Å². The van der Waals surface area contributed by atoms with Crippen LogP contribution in [0.4, 0.5) is 8.78 Å². The number of carbonyl (C=O) groups excluding carboxylic acids is 1. The first-order valence-electron chi connectivity index (χ1n) is 8.64. The maximum Gasteiger partial charge on any atom is 0.319 e. The fourth-order valence-electron chi connectivity index (χ4n) is 2.50. The molecule has 144 valence electrons. The maximum absolute atomic E-state index is 12.7. The quantitative estimate of drug-likeness (QED) is 0.594. The third-order valence-corrected chi connectivity index (χ3v) is 3.91. The first kappa shape index (κ1) is 19.3. The van der Waals surface area contributed by atoms with E-state index in [2.05, 4.69) is 10.3 Å². The lowest BCUT2D eigenvalue weighted by molar-refractivity contribution is -0.116. The van der Waals surface area contributed by atoms with Gasteiger partial charge < -0.3 is 10.1 Å². The highest BCUT2D eigenvalue weighted by Gasteiger charge is 2.11. The van der Waals surface area contributed by atoms with Crippen LogP contribution in [0, 0.1) is 0 Å². The number of benzene rings is 2. The third kappa shape index (κ3) is 5.51. The minimum absolute atomic E-state index is 0.0826. The molecule has 1 heterocycles. The van der Waals surface area contributed by atoms with Crippen molar-refractivity contribution in [2.75, 3.05) is 0 Å². The van der Waals surface area contributed by atoms with Crippen molar-refractivity contribution >= 4 is 12.0 Å². The van der Waals surface area contributed by atoms with Crippen molar-refractivity contribution in [2.45, 2.75) is 19.7 Å². The van der Waals surface area contributed by atoms with E-state index in [-0.39, 0.29) is 12.4 Å². The van der Waals surface area contributed by atoms with Gasteiger partial charge in [0.1, 0.15) is 18.2 Å². The van der Waals surface area contributed by atoms with Crippen LogP contribution in [0.5, 0.6) is 5.75 Å². The lowest BCUT2D eigenvalue weighted by atomic mass is 10.2. The summed E-state index contributed by atoms with van der Waals surface area (Å²) in [4.78, 5) is 15.7. The maximum atomic E-state index is 12.7. The summed E-state index contributed by atoms with van der Waals surface area (Å²) in [6.07, 6.45) is 5.41. The third-order valence-electron chi connectivity index (χ3n) is 3.91. The molecule has 0 bridgehead atoms. The Labute approximate surface area is 161 Å². The SMILES string of the molecule is O=C(/C=C/c1cccc(OCc2ccccc2)c1)NCc1nccn1C(F)F. The molecule has 2 aromatic carbocycles. The molecule has 28 heavy (non-hydrogen) atoms. The summed E-state index contributed by atoms with van der Waals surface area (Å²) < 4.78 is 32.0. The van der Waals surface area contributed by atoms with Gasteiger partial charge in [0.05, 0.1) is 6.54 Å². The predicted molar refractivity (Wildman–Crippen MR) is 102 cm³/mol. The van der Waals surface area contributed by atoms with Crippen LogP contribution in [0.1, 0.15) is 23.5 Å². The molecule has 5 nitrogen and oxygen atoms in total. The molecular weight excluding hydrogens is 364 g/mol. The smallest absolute Gasteiger partial charge is 0.319 e. The van der Waals surface area contributed by atoms with Gasteiger partial charge >= 0.3 is 6.55 Å². The molecule has 0 aliphatic rings. The molecule has 3 rings (SSSR count). The van der Waals surface area contributed by atoms with Crippen LogP contribution in [0.2, 0.25) is 0 Å². The molecule has 0 unspecified atom stereocenters. The number of aromatic nitrogens is 2. The second-order valence-corrected chi connectivity index (χ2v) is 5.93. The Morgan fingerprint density at radius 2 is 2.00 bits per heavy atom. The highest BCUT2D eigenvalue weighted by atomic mass is 19.3. The van der Waals surface area contributed by atoms with Crippen molar-refractivity contribution in [1.29, 1.82) is 0 Å². The molecule has 3 aromatic rings. The highest BCUT2D eigenvalue weighted by Crippen LogP contribution is 2.16. The first-order valence-corrected chi connectivity index (χ1v) is 8.64. The predicted octanol–water partition coefficient (Wildman–Crippen LogP) is 4.19. The second-order valence-electron chi connectivity index (χ2n) is 5.93. The van der Waals surface area contributed by atoms with Crippen molar-refractivity contribution in [1.82, 2.24) is 14.9 Å². The van der Waals surface area contributed by atoms with Crippen LogP contribution >= 0.6 is 0 Å². The van der Waals surface area contributed by atoms with Crippen LogP contribution in [-0.2, 0) is 17.9 Å². The highest BCUT2D eigenvalue weighted by molar-refractivity contribution is 5.91. The summed E-state index contributed by atoms with van der Waals surface area (Å²) in [5, 5.41) is 2.54. The van der Waals surface area contributed by atoms with E-state index in [1.54, 1.807) is 6.08 Å². The van der Waals surface area contributed by atoms with Gasteiger partial charge in [-0.15, -0.1) is 0 Å². The molecule has 1 amide bonds. The van der Waals surface area contributed by atoms with Gasteiger partial charge in [-0.1, -0.05) is 42.5 Å². The summed E-state index contributed by atoms with van der Waals surface area (Å²) in [5.74, 6) is 0.373. The number of carbonyl (C=O) groups is 1. The van der Waals surface area contributed by atoms with Crippen molar-refractivity contribution in [3.8, 4) is 5.75 Å². The Balaban J connectivity index is 1.53. The molecule has 0 saturated heterocycles. The van der Waals surface area contributed by atoms with E-state index in [4.69, 9.17) is 4.74 Å². The fraction of sp³-hybridized carbons (Fsp3) is 0.143. The molecule has 0 saturated carbocycles. The molecule has 0 spiro atoms. The van der Waals surface area contributed by atoms with Gasteiger partial charge in [-0.2, -0.15) is 8.78 Å². The molecule has 1 aromatic heterocycles. The van der Waals surface area contributed by atoms with Gasteiger partial charge in [-0.05, 0) is 29.3 Å². The number of imidazole rings is 1. The van der Waals surface area contributed by atoms with E-state index in [0.717, 1.165) is 11.1 Å². The van der Waals surface area contributed by atoms with Gasteiger partial charge in [0, 0.05) is 18.5 Å². The number of hydrogen-bond donors (Lipinski definition) is 1. The number of nitrogens with one attached hydrogen (secondary N) is 1. The fourth-order valence-corrected chi connectivity index (χ4v) is 2.50. The molecule has 0 atom stereocenters. The summed E-state index contributed by atoms with van der Waals surface area (Å²) in [6, 6.07) is 17.1. The number of nitrogens with zero attached hydrogens (tertiary/aromatic N) is 2. The molecular formula is C21H19F2N3O2. The van der Waals surface area contributed by atoms with Crippen molar-refractivity contribution < 1.29 is 18.3 Å². The van der Waals surface area contributed by atoms with E-state index in [0.29, 0.717) is 16.9 Å². The second kappa shape index (κ2) is 9.45. The molecule has 0 aliphatic heterocycles. The minimum Gasteiger partial charge on any atom is -0.489 e. The van der Waals surface area contributed by atoms with E-state index in [1.165, 1.54) is 18.5 Å². The topological polar surface area (TPSA) is 56.1 Å². The standard InChI is InChI=1S/C21H19F2N3O2/c22-21(23)26-12-11-24-19(26)14-25-20(27)10-9-16-7-4-8-18(13-16)28-15-17-5-2-1-3-6-17/h1-13,21H,14-15H2,(H,25,27)/b10-9+. The zero-order chi connectivity index (χ0) is 19.8. The van der Waals surface area contributed by atoms with Crippen LogP contribution in [-0.4, -0.2) is 15.5 Å². The van der Waals surface area contributed by atoms with E-state index >= 15 is 0 Å². The molecule has 7 heteroatoms. The Kier molecular flexibility index (Phi) is 6.51. The molecule has 0 radical (unpaired) electrons. The summed E-state index contributed by atoms with van der Waals surface area (Å²) >= 11 is 0. The number of amides is 1. The van der Waals surface area contributed by atoms with Crippen LogP contribution < -0.4 is 10.1 Å². The average Bonchev–Trinajstić information content (AvgIpc) is 3.19. The number of halogens is 2. The number of ether oxygens (including phenoxy) is 1. The number of alkyl halides is 2. The van der Waals surface area contributed by atoms with Gasteiger partial charge in [-0.3, -0.25) is 9.36 Å². The van der Waals surface area contributed by atoms with Crippen LogP contribution in [0.3, 0.4) is 0 Å². The first-order chi connectivity index (χ1) is 13.6. The Hall–Kier alpha value is -3.48. The van der Waals surface area contributed by atoms with Gasteiger partial charge in [0.2, 0.25) is 5.91 Å². The van der Waals surface area contributed by atoms with Crippen molar-refractivity contribution in [2.24, 2.45) is 0 Å². The van der Waals surface area contributed by atoms with E-state index in [1.807, 2.05) is 54.6 Å². The van der Waals surface area contributed by atoms with Crippen LogP contribution in [0.15, 0.2) is 73.1 Å². The molecule has 0 aliphatic carbocycles. The largest absolute Gasteiger partial charge is 0.489 e. The lowest BCUT2D eigenvalue weighted by Gasteiger charge is -2.07. The Morgan fingerprint density at radius 3 is 2.79 bits per heavy atom. The monoisotopic (exact) mass is 383 g/mol. The number of rotatable bonds is 8. The van der Waals surface area contributed by atoms with Gasteiger partial charge in [0.25, 0.3) is 0 Å². The lowest BCUT2D eigenvalue weighted by Crippen LogP contribution is -2.22. The Morgan fingerprint density at radius 1 is 1.18 bits per heavy atom. The zero-order valence-electron chi connectivity index (χ0n) is 15.0. The number of hydrogen-bond acceptors (Lipinski definition) is 3. The molecule has 0 fully saturated rings. The normalized spacial score (nSPS) is 11.1. The zero-order valence-corrected chi connectivity index (χ0v) is 15.0. The summed E-state index contributed by atoms with van der Waals surface area (Å²) in [5.41, 5.74) is 1.85. The summed E-state index contributed by atoms with van der Waals surface area (Å²) in [6.45, 7) is -2.32. The van der Waals surface area contributed by atoms with Crippen molar-refractivity contribution in [3.63, 3.8) is 0 Å². The minimum atomic E-state index is -2.69. The van der Waals surface area contributed by atoms with Gasteiger partial charge in [-0.25, -0.2) is 4.98 Å². The van der Waals surface area contributed by atoms with E-state index in [9.17, 15) is 13.6 Å². The Bertz CT molecular complexity index is 940. The van der Waals surface area contributed by atoms with E-state index < -0.39 is 12.5 Å². The van der Waals surface area contributed by atoms with Crippen molar-refractivity contribution in [3.05, 3.63) is 90.0 Å². The average molecular weight is 383 g/mol. The van der Waals surface area contributed by atoms with Crippen LogP contribution in [0.25, 0.3) is 6.08 Å².